The Morgan fingerprint density at radius 2 is 1.63 bits per heavy atom. The van der Waals surface area contributed by atoms with Crippen LogP contribution in [0.15, 0.2) is 73.1 Å². The van der Waals surface area contributed by atoms with Crippen molar-refractivity contribution in [2.45, 2.75) is 13.0 Å². The Balaban J connectivity index is 1.71. The zero-order chi connectivity index (χ0) is 19.2. The van der Waals surface area contributed by atoms with Crippen LogP contribution >= 0.6 is 0 Å². The van der Waals surface area contributed by atoms with E-state index in [1.807, 2.05) is 37.3 Å². The topological polar surface area (TPSA) is 71.1 Å². The van der Waals surface area contributed by atoms with Gasteiger partial charge in [0.05, 0.1) is 17.2 Å². The first-order valence-electron chi connectivity index (χ1n) is 8.41. The maximum Gasteiger partial charge on any atom is 0.257 e. The predicted molar refractivity (Wildman–Crippen MR) is 101 cm³/mol. The van der Waals surface area contributed by atoms with E-state index in [4.69, 9.17) is 0 Å². The first-order chi connectivity index (χ1) is 13.0. The third-order valence-electron chi connectivity index (χ3n) is 3.99. The van der Waals surface area contributed by atoms with Gasteiger partial charge < -0.3 is 10.6 Å². The zero-order valence-electron chi connectivity index (χ0n) is 14.6. The van der Waals surface area contributed by atoms with Crippen LogP contribution in [0.5, 0.6) is 0 Å². The fourth-order valence-electron chi connectivity index (χ4n) is 2.56. The Hall–Kier alpha value is -3.54. The molecule has 3 aromatic rings. The highest BCUT2D eigenvalue weighted by Crippen LogP contribution is 2.14. The van der Waals surface area contributed by atoms with Crippen LogP contribution < -0.4 is 10.6 Å². The van der Waals surface area contributed by atoms with Crippen molar-refractivity contribution in [2.24, 2.45) is 0 Å². The second-order valence-corrected chi connectivity index (χ2v) is 6.03. The van der Waals surface area contributed by atoms with Crippen molar-refractivity contribution in [3.8, 4) is 0 Å². The van der Waals surface area contributed by atoms with E-state index in [2.05, 4.69) is 15.6 Å². The van der Waals surface area contributed by atoms with Gasteiger partial charge in [-0.3, -0.25) is 14.6 Å². The number of aromatic nitrogens is 1. The van der Waals surface area contributed by atoms with Gasteiger partial charge in [0.25, 0.3) is 11.8 Å². The number of pyridine rings is 1. The van der Waals surface area contributed by atoms with Gasteiger partial charge in [0.1, 0.15) is 5.82 Å². The minimum Gasteiger partial charge on any atom is -0.345 e. The van der Waals surface area contributed by atoms with Gasteiger partial charge in [-0.25, -0.2) is 4.39 Å². The summed E-state index contributed by atoms with van der Waals surface area (Å²) < 4.78 is 13.2. The van der Waals surface area contributed by atoms with E-state index >= 15 is 0 Å². The van der Waals surface area contributed by atoms with E-state index in [0.29, 0.717) is 5.69 Å². The lowest BCUT2D eigenvalue weighted by Gasteiger charge is -2.14. The molecule has 1 aromatic heterocycles. The number of benzene rings is 2. The largest absolute Gasteiger partial charge is 0.345 e. The summed E-state index contributed by atoms with van der Waals surface area (Å²) in [6.07, 6.45) is 2.75. The summed E-state index contributed by atoms with van der Waals surface area (Å²) in [6.45, 7) is 1.88. The number of nitrogens with one attached hydrogen (secondary N) is 2. The number of amides is 2. The van der Waals surface area contributed by atoms with Crippen LogP contribution in [-0.4, -0.2) is 16.8 Å². The minimum absolute atomic E-state index is 0.191. The van der Waals surface area contributed by atoms with Crippen molar-refractivity contribution in [2.75, 3.05) is 5.32 Å². The average Bonchev–Trinajstić information content (AvgIpc) is 2.68. The predicted octanol–water partition coefficient (Wildman–Crippen LogP) is 3.96. The third-order valence-corrected chi connectivity index (χ3v) is 3.99. The van der Waals surface area contributed by atoms with Gasteiger partial charge in [0.2, 0.25) is 0 Å². The number of rotatable bonds is 5. The van der Waals surface area contributed by atoms with Gasteiger partial charge in [-0.1, -0.05) is 36.4 Å². The van der Waals surface area contributed by atoms with Gasteiger partial charge >= 0.3 is 0 Å². The molecule has 0 radical (unpaired) electrons. The average molecular weight is 363 g/mol. The quantitative estimate of drug-likeness (QED) is 0.721. The van der Waals surface area contributed by atoms with E-state index in [-0.39, 0.29) is 23.1 Å². The molecule has 5 nitrogen and oxygen atoms in total. The van der Waals surface area contributed by atoms with E-state index in [0.717, 1.165) is 5.56 Å². The Morgan fingerprint density at radius 1 is 0.926 bits per heavy atom. The molecule has 2 amide bonds. The van der Waals surface area contributed by atoms with Gasteiger partial charge in [-0.05, 0) is 36.8 Å². The summed E-state index contributed by atoms with van der Waals surface area (Å²) in [7, 11) is 0. The number of hydrogen-bond acceptors (Lipinski definition) is 3. The summed E-state index contributed by atoms with van der Waals surface area (Å²) in [6, 6.07) is 16.4. The van der Waals surface area contributed by atoms with Crippen LogP contribution in [0.1, 0.15) is 39.2 Å². The van der Waals surface area contributed by atoms with E-state index in [1.165, 1.54) is 36.7 Å². The monoisotopic (exact) mass is 363 g/mol. The Labute approximate surface area is 156 Å². The number of anilines is 1. The molecular formula is C21H18FN3O2. The standard InChI is InChI=1S/C21H18FN3O2/c1-14(15-6-3-2-4-7-15)24-20(26)16-10-17(13-23-12-16)21(27)25-19-9-5-8-18(22)11-19/h2-14H,1H3,(H,24,26)(H,25,27). The molecule has 3 rings (SSSR count). The van der Waals surface area contributed by atoms with E-state index in [1.54, 1.807) is 6.07 Å². The fourth-order valence-corrected chi connectivity index (χ4v) is 2.56. The SMILES string of the molecule is CC(NC(=O)c1cncc(C(=O)Nc2cccc(F)c2)c1)c1ccccc1. The number of carbonyl (C=O) groups excluding carboxylic acids is 2. The summed E-state index contributed by atoms with van der Waals surface area (Å²) in [4.78, 5) is 28.8. The van der Waals surface area contributed by atoms with Crippen molar-refractivity contribution in [1.29, 1.82) is 0 Å². The summed E-state index contributed by atoms with van der Waals surface area (Å²) in [5.74, 6) is -1.26. The second-order valence-electron chi connectivity index (χ2n) is 6.03. The molecule has 0 bridgehead atoms. The summed E-state index contributed by atoms with van der Waals surface area (Å²) >= 11 is 0. The molecule has 0 aliphatic rings. The Bertz CT molecular complexity index is 960. The molecule has 1 unspecified atom stereocenters. The second kappa shape index (κ2) is 8.23. The van der Waals surface area contributed by atoms with Crippen LogP contribution in [0.4, 0.5) is 10.1 Å². The third kappa shape index (κ3) is 4.76. The van der Waals surface area contributed by atoms with Crippen molar-refractivity contribution >= 4 is 17.5 Å². The van der Waals surface area contributed by atoms with E-state index in [9.17, 15) is 14.0 Å². The Morgan fingerprint density at radius 3 is 2.33 bits per heavy atom. The van der Waals surface area contributed by atoms with Crippen molar-refractivity contribution in [3.63, 3.8) is 0 Å². The van der Waals surface area contributed by atoms with Crippen LogP contribution in [0.3, 0.4) is 0 Å². The van der Waals surface area contributed by atoms with Crippen LogP contribution in [-0.2, 0) is 0 Å². The van der Waals surface area contributed by atoms with Crippen LogP contribution in [0.25, 0.3) is 0 Å². The van der Waals surface area contributed by atoms with Crippen LogP contribution in [0, 0.1) is 5.82 Å². The molecule has 27 heavy (non-hydrogen) atoms. The molecule has 1 atom stereocenters. The summed E-state index contributed by atoms with van der Waals surface area (Å²) in [5, 5.41) is 5.46. The number of carbonyl (C=O) groups is 2. The van der Waals surface area contributed by atoms with Crippen molar-refractivity contribution < 1.29 is 14.0 Å². The highest BCUT2D eigenvalue weighted by atomic mass is 19.1. The van der Waals surface area contributed by atoms with Gasteiger partial charge in [-0.2, -0.15) is 0 Å². The lowest BCUT2D eigenvalue weighted by Crippen LogP contribution is -2.27. The smallest absolute Gasteiger partial charge is 0.257 e. The molecule has 0 spiro atoms. The number of nitrogens with zero attached hydrogens (tertiary/aromatic N) is 1. The number of hydrogen-bond donors (Lipinski definition) is 2. The maximum atomic E-state index is 13.2. The molecular weight excluding hydrogens is 345 g/mol. The van der Waals surface area contributed by atoms with Crippen molar-refractivity contribution in [3.05, 3.63) is 95.6 Å². The molecule has 0 fully saturated rings. The molecule has 2 aromatic carbocycles. The zero-order valence-corrected chi connectivity index (χ0v) is 14.6. The summed E-state index contributed by atoms with van der Waals surface area (Å²) in [5.41, 5.74) is 1.77. The molecule has 0 aliphatic heterocycles. The molecule has 6 heteroatoms. The molecule has 0 saturated heterocycles. The molecule has 1 heterocycles. The molecule has 0 aliphatic carbocycles. The van der Waals surface area contributed by atoms with Gasteiger partial charge in [-0.15, -0.1) is 0 Å². The lowest BCUT2D eigenvalue weighted by atomic mass is 10.1. The fraction of sp³-hybridized carbons (Fsp3) is 0.0952. The lowest BCUT2D eigenvalue weighted by molar-refractivity contribution is 0.0939. The number of halogens is 1. The first-order valence-corrected chi connectivity index (χ1v) is 8.41. The van der Waals surface area contributed by atoms with Gasteiger partial charge in [0.15, 0.2) is 0 Å². The minimum atomic E-state index is -0.473. The Kier molecular flexibility index (Phi) is 5.56. The van der Waals surface area contributed by atoms with Crippen LogP contribution in [0.2, 0.25) is 0 Å². The van der Waals surface area contributed by atoms with E-state index < -0.39 is 11.7 Å². The molecule has 0 saturated carbocycles. The first kappa shape index (κ1) is 18.3. The highest BCUT2D eigenvalue weighted by molar-refractivity contribution is 6.05. The van der Waals surface area contributed by atoms with Crippen molar-refractivity contribution in [1.82, 2.24) is 10.3 Å². The maximum absolute atomic E-state index is 13.2. The molecule has 136 valence electrons. The highest BCUT2D eigenvalue weighted by Gasteiger charge is 2.14. The normalized spacial score (nSPS) is 11.5. The van der Waals surface area contributed by atoms with Gasteiger partial charge in [0, 0.05) is 18.1 Å². The molecule has 2 N–H and O–H groups in total.